The molecule has 0 aliphatic rings. The van der Waals surface area contributed by atoms with Crippen molar-refractivity contribution < 1.29 is 21.8 Å². The second-order valence-corrected chi connectivity index (χ2v) is 8.64. The first-order chi connectivity index (χ1) is 11.3. The van der Waals surface area contributed by atoms with Gasteiger partial charge in [-0.3, -0.25) is 14.3 Å². The van der Waals surface area contributed by atoms with E-state index in [-0.39, 0.29) is 32.1 Å². The van der Waals surface area contributed by atoms with Crippen molar-refractivity contribution in [3.05, 3.63) is 29.1 Å². The predicted octanol–water partition coefficient (Wildman–Crippen LogP) is 1.90. The summed E-state index contributed by atoms with van der Waals surface area (Å²) in [5.74, 6) is -0.462. The summed E-state index contributed by atoms with van der Waals surface area (Å²) in [6.45, 7) is 1.80. The van der Waals surface area contributed by atoms with Crippen LogP contribution in [0.15, 0.2) is 32.7 Å². The fourth-order valence-corrected chi connectivity index (χ4v) is 5.13. The first-order valence-electron chi connectivity index (χ1n) is 6.74. The van der Waals surface area contributed by atoms with Gasteiger partial charge in [-0.1, -0.05) is 23.6 Å². The number of halogens is 1. The minimum absolute atomic E-state index is 0.0401. The van der Waals surface area contributed by atoms with E-state index < -0.39 is 26.5 Å². The summed E-state index contributed by atoms with van der Waals surface area (Å²) >= 11 is 6.20. The molecule has 0 aliphatic carbocycles. The van der Waals surface area contributed by atoms with Crippen molar-refractivity contribution in [1.82, 2.24) is 10.2 Å². The second kappa shape index (κ2) is 7.41. The molecule has 0 bridgehead atoms. The van der Waals surface area contributed by atoms with Crippen LogP contribution in [-0.2, 0) is 20.6 Å². The van der Waals surface area contributed by atoms with Crippen molar-refractivity contribution in [2.24, 2.45) is 0 Å². The zero-order valence-electron chi connectivity index (χ0n) is 12.8. The Bertz CT molecular complexity index is 881. The number of aromatic nitrogens is 2. The monoisotopic (exact) mass is 391 g/mol. The number of rotatable bonds is 6. The predicted molar refractivity (Wildman–Crippen MR) is 88.4 cm³/mol. The van der Waals surface area contributed by atoms with Crippen LogP contribution in [0.1, 0.15) is 23.7 Å². The molecule has 11 heteroatoms. The van der Waals surface area contributed by atoms with Crippen molar-refractivity contribution in [3.63, 3.8) is 0 Å². The number of anilines is 1. The van der Waals surface area contributed by atoms with E-state index in [1.165, 1.54) is 12.1 Å². The van der Waals surface area contributed by atoms with Gasteiger partial charge in [0.15, 0.2) is 9.84 Å². The molecule has 1 N–H and O–H groups in total. The number of hydrogen-bond acceptors (Lipinski definition) is 7. The number of amides is 1. The van der Waals surface area contributed by atoms with Crippen molar-refractivity contribution in [2.75, 3.05) is 17.3 Å². The lowest BCUT2D eigenvalue weighted by Crippen LogP contribution is -2.16. The summed E-state index contributed by atoms with van der Waals surface area (Å²) in [4.78, 5) is 12.0. The fourth-order valence-electron chi connectivity index (χ4n) is 1.90. The molecule has 2 aromatic rings. The molecule has 24 heavy (non-hydrogen) atoms. The highest BCUT2D eigenvalue weighted by molar-refractivity contribution is 7.92. The molecule has 0 saturated heterocycles. The van der Waals surface area contributed by atoms with Crippen molar-refractivity contribution in [1.29, 1.82) is 0 Å². The molecule has 2 rings (SSSR count). The number of sulfone groups is 1. The third kappa shape index (κ3) is 4.00. The molecule has 0 spiro atoms. The summed E-state index contributed by atoms with van der Waals surface area (Å²) in [6.07, 6.45) is 2.58. The largest absolute Gasteiger partial charge is 0.411 e. The van der Waals surface area contributed by atoms with E-state index in [9.17, 15) is 17.4 Å². The molecular weight excluding hydrogens is 378 g/mol. The highest BCUT2D eigenvalue weighted by Crippen LogP contribution is 2.31. The number of hydrogen-bond donors (Lipinski definition) is 1. The van der Waals surface area contributed by atoms with Gasteiger partial charge in [-0.15, -0.1) is 5.10 Å². The normalized spacial score (nSPS) is 12.8. The SMILES string of the molecule is CCCS(=O)c1c(S(C)(=O)=O)ccc(C(=O)Nc2nnco2)c1Cl. The van der Waals surface area contributed by atoms with Gasteiger partial charge in [0.1, 0.15) is 0 Å². The van der Waals surface area contributed by atoms with Gasteiger partial charge in [-0.2, -0.15) is 0 Å². The molecule has 1 unspecified atom stereocenters. The van der Waals surface area contributed by atoms with Crippen molar-refractivity contribution in [2.45, 2.75) is 23.1 Å². The van der Waals surface area contributed by atoms with Crippen LogP contribution in [0.3, 0.4) is 0 Å². The minimum Gasteiger partial charge on any atom is -0.411 e. The summed E-state index contributed by atoms with van der Waals surface area (Å²) in [7, 11) is -5.32. The van der Waals surface area contributed by atoms with E-state index in [0.29, 0.717) is 6.42 Å². The lowest BCUT2D eigenvalue weighted by molar-refractivity contribution is 0.102. The van der Waals surface area contributed by atoms with Crippen molar-refractivity contribution >= 4 is 44.2 Å². The molecule has 0 saturated carbocycles. The number of carbonyl (C=O) groups excluding carboxylic acids is 1. The van der Waals surface area contributed by atoms with Crippen LogP contribution in [-0.4, -0.2) is 40.7 Å². The van der Waals surface area contributed by atoms with Gasteiger partial charge in [0.05, 0.1) is 31.2 Å². The maximum absolute atomic E-state index is 12.4. The topological polar surface area (TPSA) is 119 Å². The standard InChI is InChI=1S/C13H14ClN3O5S2/c1-3-6-23(19)11-9(24(2,20)21)5-4-8(10(11)14)12(18)16-13-17-15-7-22-13/h4-5,7H,3,6H2,1-2H3,(H,16,17,18). The molecule has 1 aromatic heterocycles. The smallest absolute Gasteiger partial charge is 0.322 e. The second-order valence-electron chi connectivity index (χ2n) is 4.77. The van der Waals surface area contributed by atoms with Gasteiger partial charge in [0.2, 0.25) is 6.39 Å². The Labute approximate surface area is 146 Å². The van der Waals surface area contributed by atoms with Crippen LogP contribution in [0.5, 0.6) is 0 Å². The highest BCUT2D eigenvalue weighted by atomic mass is 35.5. The van der Waals surface area contributed by atoms with E-state index in [2.05, 4.69) is 15.5 Å². The van der Waals surface area contributed by atoms with E-state index in [1.54, 1.807) is 6.92 Å². The third-order valence-corrected chi connectivity index (χ3v) is 6.33. The molecule has 8 nitrogen and oxygen atoms in total. The molecule has 1 atom stereocenters. The Morgan fingerprint density at radius 1 is 1.42 bits per heavy atom. The Morgan fingerprint density at radius 2 is 2.12 bits per heavy atom. The molecule has 0 fully saturated rings. The summed E-state index contributed by atoms with van der Waals surface area (Å²) in [5, 5.41) is 9.07. The highest BCUT2D eigenvalue weighted by Gasteiger charge is 2.25. The zero-order valence-corrected chi connectivity index (χ0v) is 15.2. The Hall–Kier alpha value is -1.78. The van der Waals surface area contributed by atoms with Crippen LogP contribution < -0.4 is 5.32 Å². The molecule has 130 valence electrons. The van der Waals surface area contributed by atoms with Gasteiger partial charge < -0.3 is 4.42 Å². The molecular formula is C13H14ClN3O5S2. The summed E-state index contributed by atoms with van der Waals surface area (Å²) in [5.41, 5.74) is -0.0401. The number of nitrogens with one attached hydrogen (secondary N) is 1. The molecule has 1 aromatic carbocycles. The molecule has 0 radical (unpaired) electrons. The lowest BCUT2D eigenvalue weighted by Gasteiger charge is -2.13. The summed E-state index contributed by atoms with van der Waals surface area (Å²) < 4.78 is 41.1. The Morgan fingerprint density at radius 3 is 2.67 bits per heavy atom. The van der Waals surface area contributed by atoms with Crippen molar-refractivity contribution in [3.8, 4) is 0 Å². The number of nitrogens with zero attached hydrogens (tertiary/aromatic N) is 2. The fraction of sp³-hybridized carbons (Fsp3) is 0.308. The van der Waals surface area contributed by atoms with Crippen LogP contribution in [0.25, 0.3) is 0 Å². The van der Waals surface area contributed by atoms with E-state index in [4.69, 9.17) is 16.0 Å². The maximum Gasteiger partial charge on any atom is 0.322 e. The lowest BCUT2D eigenvalue weighted by atomic mass is 10.2. The Kier molecular flexibility index (Phi) is 5.73. The number of benzene rings is 1. The van der Waals surface area contributed by atoms with Crippen LogP contribution in [0.2, 0.25) is 5.02 Å². The van der Waals surface area contributed by atoms with E-state index in [0.717, 1.165) is 12.6 Å². The number of carbonyl (C=O) groups is 1. The van der Waals surface area contributed by atoms with Gasteiger partial charge in [0, 0.05) is 12.0 Å². The van der Waals surface area contributed by atoms with Gasteiger partial charge in [-0.25, -0.2) is 8.42 Å². The Balaban J connectivity index is 2.53. The van der Waals surface area contributed by atoms with E-state index >= 15 is 0 Å². The van der Waals surface area contributed by atoms with Crippen LogP contribution in [0, 0.1) is 0 Å². The minimum atomic E-state index is -3.66. The molecule has 1 heterocycles. The first-order valence-corrected chi connectivity index (χ1v) is 10.3. The average molecular weight is 392 g/mol. The van der Waals surface area contributed by atoms with Gasteiger partial charge in [0.25, 0.3) is 5.91 Å². The summed E-state index contributed by atoms with van der Waals surface area (Å²) in [6, 6.07) is 2.32. The molecule has 1 amide bonds. The van der Waals surface area contributed by atoms with E-state index in [1.807, 2.05) is 0 Å². The quantitative estimate of drug-likeness (QED) is 0.798. The van der Waals surface area contributed by atoms with Crippen LogP contribution in [0.4, 0.5) is 6.01 Å². The average Bonchev–Trinajstić information content (AvgIpc) is 2.98. The third-order valence-electron chi connectivity index (χ3n) is 2.90. The molecule has 0 aliphatic heterocycles. The van der Waals surface area contributed by atoms with Crippen LogP contribution >= 0.6 is 11.6 Å². The van der Waals surface area contributed by atoms with Gasteiger partial charge in [-0.05, 0) is 18.6 Å². The maximum atomic E-state index is 12.4. The zero-order chi connectivity index (χ0) is 17.9. The first kappa shape index (κ1) is 18.6. The van der Waals surface area contributed by atoms with Gasteiger partial charge >= 0.3 is 6.01 Å².